The van der Waals surface area contributed by atoms with Crippen molar-refractivity contribution >= 4 is 43.6 Å². The van der Waals surface area contributed by atoms with E-state index in [4.69, 9.17) is 0 Å². The summed E-state index contributed by atoms with van der Waals surface area (Å²) in [6.45, 7) is 0. The minimum Gasteiger partial charge on any atom is -0.309 e. The van der Waals surface area contributed by atoms with Gasteiger partial charge in [-0.25, -0.2) is 0 Å². The highest BCUT2D eigenvalue weighted by atomic mass is 15.0. The third-order valence-electron chi connectivity index (χ3n) is 11.3. The van der Waals surface area contributed by atoms with E-state index in [1.165, 1.54) is 88.1 Å². The molecule has 2 nitrogen and oxygen atoms in total. The molecule has 9 aromatic carbocycles. The fourth-order valence-electron chi connectivity index (χ4n) is 8.71. The van der Waals surface area contributed by atoms with E-state index < -0.39 is 0 Å². The average molecular weight is 713 g/mol. The molecular weight excluding hydrogens is 677 g/mol. The summed E-state index contributed by atoms with van der Waals surface area (Å²) >= 11 is 0. The van der Waals surface area contributed by atoms with Gasteiger partial charge < -0.3 is 9.13 Å². The molecule has 56 heavy (non-hydrogen) atoms. The van der Waals surface area contributed by atoms with Crippen molar-refractivity contribution < 1.29 is 0 Å². The summed E-state index contributed by atoms with van der Waals surface area (Å²) in [6.07, 6.45) is 0. The molecule has 2 heterocycles. The Balaban J connectivity index is 1.01. The zero-order valence-corrected chi connectivity index (χ0v) is 30.7. The van der Waals surface area contributed by atoms with Gasteiger partial charge in [0, 0.05) is 32.9 Å². The Kier molecular flexibility index (Phi) is 7.53. The van der Waals surface area contributed by atoms with Gasteiger partial charge in [-0.1, -0.05) is 158 Å². The lowest BCUT2D eigenvalue weighted by Gasteiger charge is -2.13. The Bertz CT molecular complexity index is 3220. The van der Waals surface area contributed by atoms with Crippen LogP contribution in [-0.4, -0.2) is 9.13 Å². The molecule has 0 radical (unpaired) electrons. The second-order valence-electron chi connectivity index (χ2n) is 14.5. The minimum atomic E-state index is 1.15. The summed E-state index contributed by atoms with van der Waals surface area (Å²) in [4.78, 5) is 0. The van der Waals surface area contributed by atoms with Gasteiger partial charge in [-0.3, -0.25) is 0 Å². The number of aromatic nitrogens is 2. The van der Waals surface area contributed by atoms with E-state index >= 15 is 0 Å². The molecule has 0 saturated heterocycles. The Labute approximate surface area is 325 Å². The van der Waals surface area contributed by atoms with Crippen molar-refractivity contribution in [2.45, 2.75) is 0 Å². The van der Waals surface area contributed by atoms with Crippen LogP contribution in [0.2, 0.25) is 0 Å². The van der Waals surface area contributed by atoms with E-state index in [1.807, 2.05) is 0 Å². The number of rotatable bonds is 6. The van der Waals surface area contributed by atoms with Crippen LogP contribution in [0.4, 0.5) is 0 Å². The van der Waals surface area contributed by atoms with Crippen LogP contribution in [0, 0.1) is 0 Å². The molecule has 11 rings (SSSR count). The van der Waals surface area contributed by atoms with E-state index in [0.29, 0.717) is 0 Å². The van der Waals surface area contributed by atoms with E-state index in [9.17, 15) is 0 Å². The number of fused-ring (bicyclic) bond motifs is 6. The summed E-state index contributed by atoms with van der Waals surface area (Å²) < 4.78 is 4.81. The standard InChI is InChI=1S/C54H36N2/c1-3-14-37(15-4-1)40-18-13-19-44(34-40)56-52-25-12-10-23-48(52)50-36-42(29-33-54(50)56)41-28-32-53-49(35-41)47-22-9-11-24-51(47)55(53)43-30-26-39(27-31-43)46-21-8-7-20-45(46)38-16-5-2-6-17-38/h1-36H. The monoisotopic (exact) mass is 712 g/mol. The summed E-state index contributed by atoms with van der Waals surface area (Å²) in [7, 11) is 0. The van der Waals surface area contributed by atoms with Gasteiger partial charge in [0.25, 0.3) is 0 Å². The fourth-order valence-corrected chi connectivity index (χ4v) is 8.71. The molecule has 0 fully saturated rings. The smallest absolute Gasteiger partial charge is 0.0541 e. The van der Waals surface area contributed by atoms with E-state index in [2.05, 4.69) is 228 Å². The lowest BCUT2D eigenvalue weighted by Crippen LogP contribution is -1.94. The predicted octanol–water partition coefficient (Wildman–Crippen LogP) is 14.5. The lowest BCUT2D eigenvalue weighted by atomic mass is 9.94. The molecule has 2 aromatic heterocycles. The van der Waals surface area contributed by atoms with Gasteiger partial charge in [-0.2, -0.15) is 0 Å². The van der Waals surface area contributed by atoms with Gasteiger partial charge in [0.2, 0.25) is 0 Å². The van der Waals surface area contributed by atoms with Crippen molar-refractivity contribution in [2.24, 2.45) is 0 Å². The van der Waals surface area contributed by atoms with Crippen molar-refractivity contribution in [3.63, 3.8) is 0 Å². The average Bonchev–Trinajstić information content (AvgIpc) is 3.79. The molecule has 0 aliphatic carbocycles. The molecule has 0 saturated carbocycles. The van der Waals surface area contributed by atoms with Crippen molar-refractivity contribution in [1.29, 1.82) is 0 Å². The molecule has 0 N–H and O–H groups in total. The molecule has 0 spiro atoms. The molecule has 262 valence electrons. The first kappa shape index (κ1) is 32.0. The van der Waals surface area contributed by atoms with Crippen LogP contribution in [-0.2, 0) is 0 Å². The van der Waals surface area contributed by atoms with Crippen LogP contribution in [0.1, 0.15) is 0 Å². The molecule has 0 bridgehead atoms. The third-order valence-corrected chi connectivity index (χ3v) is 11.3. The van der Waals surface area contributed by atoms with Gasteiger partial charge in [-0.05, 0) is 105 Å². The zero-order valence-electron chi connectivity index (χ0n) is 30.7. The maximum absolute atomic E-state index is 2.41. The van der Waals surface area contributed by atoms with Gasteiger partial charge in [0.1, 0.15) is 0 Å². The van der Waals surface area contributed by atoms with Gasteiger partial charge in [-0.15, -0.1) is 0 Å². The van der Waals surface area contributed by atoms with Crippen LogP contribution < -0.4 is 0 Å². The number of para-hydroxylation sites is 2. The molecular formula is C54H36N2. The first-order chi connectivity index (χ1) is 27.8. The molecule has 0 aliphatic rings. The molecule has 0 unspecified atom stereocenters. The van der Waals surface area contributed by atoms with Crippen LogP contribution in [0.25, 0.3) is 99.5 Å². The fraction of sp³-hybridized carbons (Fsp3) is 0. The lowest BCUT2D eigenvalue weighted by molar-refractivity contribution is 1.18. The summed E-state index contributed by atoms with van der Waals surface area (Å²) in [6, 6.07) is 79.3. The van der Waals surface area contributed by atoms with Crippen molar-refractivity contribution in [1.82, 2.24) is 9.13 Å². The molecule has 0 atom stereocenters. The minimum absolute atomic E-state index is 1.15. The molecule has 11 aromatic rings. The van der Waals surface area contributed by atoms with Gasteiger partial charge in [0.15, 0.2) is 0 Å². The Morgan fingerprint density at radius 3 is 1.21 bits per heavy atom. The Hall–Kier alpha value is -7.42. The van der Waals surface area contributed by atoms with Crippen LogP contribution in [0.15, 0.2) is 218 Å². The molecule has 0 amide bonds. The van der Waals surface area contributed by atoms with Gasteiger partial charge in [0.05, 0.1) is 22.1 Å². The van der Waals surface area contributed by atoms with Crippen molar-refractivity contribution in [3.8, 4) is 55.9 Å². The maximum Gasteiger partial charge on any atom is 0.0541 e. The maximum atomic E-state index is 2.41. The van der Waals surface area contributed by atoms with E-state index in [0.717, 1.165) is 11.4 Å². The predicted molar refractivity (Wildman–Crippen MR) is 237 cm³/mol. The second-order valence-corrected chi connectivity index (χ2v) is 14.5. The quantitative estimate of drug-likeness (QED) is 0.162. The van der Waals surface area contributed by atoms with Crippen LogP contribution in [0.5, 0.6) is 0 Å². The van der Waals surface area contributed by atoms with E-state index in [-0.39, 0.29) is 0 Å². The largest absolute Gasteiger partial charge is 0.309 e. The highest BCUT2D eigenvalue weighted by Gasteiger charge is 2.17. The van der Waals surface area contributed by atoms with Crippen molar-refractivity contribution in [3.05, 3.63) is 218 Å². The highest BCUT2D eigenvalue weighted by molar-refractivity contribution is 6.12. The topological polar surface area (TPSA) is 9.86 Å². The molecule has 0 aliphatic heterocycles. The van der Waals surface area contributed by atoms with Crippen LogP contribution >= 0.6 is 0 Å². The third kappa shape index (κ3) is 5.26. The summed E-state index contributed by atoms with van der Waals surface area (Å²) in [5, 5.41) is 5.00. The summed E-state index contributed by atoms with van der Waals surface area (Å²) in [5.74, 6) is 0. The van der Waals surface area contributed by atoms with E-state index in [1.54, 1.807) is 0 Å². The highest BCUT2D eigenvalue weighted by Crippen LogP contribution is 2.39. The number of hydrogen-bond donors (Lipinski definition) is 0. The molecule has 2 heteroatoms. The Morgan fingerprint density at radius 2 is 0.625 bits per heavy atom. The SMILES string of the molecule is c1ccc(-c2cccc(-n3c4ccccc4c4cc(-c5ccc6c(c5)c5ccccc5n6-c5ccc(-c6ccccc6-c6ccccc6)cc5)ccc43)c2)cc1. The zero-order chi connectivity index (χ0) is 37.0. The first-order valence-electron chi connectivity index (χ1n) is 19.3. The van der Waals surface area contributed by atoms with Crippen molar-refractivity contribution in [2.75, 3.05) is 0 Å². The second kappa shape index (κ2) is 13.2. The number of benzene rings is 9. The number of nitrogens with zero attached hydrogens (tertiary/aromatic N) is 2. The van der Waals surface area contributed by atoms with Gasteiger partial charge >= 0.3 is 0 Å². The number of hydrogen-bond acceptors (Lipinski definition) is 0. The normalized spacial score (nSPS) is 11.6. The first-order valence-corrected chi connectivity index (χ1v) is 19.3. The summed E-state index contributed by atoms with van der Waals surface area (Å²) in [5.41, 5.74) is 16.9. The Morgan fingerprint density at radius 1 is 0.214 bits per heavy atom. The van der Waals surface area contributed by atoms with Crippen LogP contribution in [0.3, 0.4) is 0 Å².